The summed E-state index contributed by atoms with van der Waals surface area (Å²) in [5, 5.41) is 3.36. The molecular formula is C34H39N3O7S. The van der Waals surface area contributed by atoms with E-state index in [-0.39, 0.29) is 17.7 Å². The van der Waals surface area contributed by atoms with Gasteiger partial charge in [-0.15, -0.1) is 0 Å². The molecule has 4 rings (SSSR count). The summed E-state index contributed by atoms with van der Waals surface area (Å²) in [6.45, 7) is 7.06. The van der Waals surface area contributed by atoms with Gasteiger partial charge in [-0.25, -0.2) is 22.0 Å². The minimum atomic E-state index is -3.97. The fourth-order valence-corrected chi connectivity index (χ4v) is 6.32. The third-order valence-electron chi connectivity index (χ3n) is 7.29. The highest BCUT2D eigenvalue weighted by Crippen LogP contribution is 2.27. The van der Waals surface area contributed by atoms with Crippen LogP contribution in [-0.2, 0) is 41.9 Å². The minimum Gasteiger partial charge on any atom is -0.467 e. The van der Waals surface area contributed by atoms with Gasteiger partial charge in [-0.05, 0) is 57.0 Å². The smallest absolute Gasteiger partial charge is 0.410 e. The van der Waals surface area contributed by atoms with Crippen LogP contribution in [0, 0.1) is 6.92 Å². The third-order valence-corrected chi connectivity index (χ3v) is 8.98. The van der Waals surface area contributed by atoms with Gasteiger partial charge in [0, 0.05) is 31.5 Å². The van der Waals surface area contributed by atoms with Gasteiger partial charge in [-0.1, -0.05) is 66.2 Å². The lowest BCUT2D eigenvalue weighted by Gasteiger charge is -2.31. The van der Waals surface area contributed by atoms with Crippen molar-refractivity contribution in [3.05, 3.63) is 102 Å². The van der Waals surface area contributed by atoms with Crippen LogP contribution in [-0.4, -0.2) is 67.1 Å². The second-order valence-electron chi connectivity index (χ2n) is 11.9. The number of esters is 1. The van der Waals surface area contributed by atoms with Gasteiger partial charge < -0.3 is 14.8 Å². The molecule has 10 nitrogen and oxygen atoms in total. The van der Waals surface area contributed by atoms with E-state index in [0.717, 1.165) is 11.1 Å². The fourth-order valence-electron chi connectivity index (χ4n) is 4.93. The monoisotopic (exact) mass is 633 g/mol. The molecule has 0 radical (unpaired) electrons. The number of hydrogen-bond acceptors (Lipinski definition) is 7. The van der Waals surface area contributed by atoms with Crippen molar-refractivity contribution in [1.82, 2.24) is 14.2 Å². The quantitative estimate of drug-likeness (QED) is 0.247. The highest BCUT2D eigenvalue weighted by Gasteiger charge is 2.34. The van der Waals surface area contributed by atoms with E-state index in [9.17, 15) is 22.8 Å². The van der Waals surface area contributed by atoms with E-state index < -0.39 is 45.7 Å². The molecule has 0 fully saturated rings. The number of nitrogens with one attached hydrogen (secondary N) is 1. The predicted molar refractivity (Wildman–Crippen MR) is 171 cm³/mol. The van der Waals surface area contributed by atoms with Crippen LogP contribution in [0.1, 0.15) is 37.5 Å². The number of benzene rings is 3. The number of methoxy groups -OCH3 is 1. The number of aromatic nitrogens is 1. The Morgan fingerprint density at radius 2 is 1.53 bits per heavy atom. The van der Waals surface area contributed by atoms with Crippen LogP contribution in [0.4, 0.5) is 4.79 Å². The van der Waals surface area contributed by atoms with Crippen LogP contribution >= 0.6 is 0 Å². The topological polar surface area (TPSA) is 124 Å². The van der Waals surface area contributed by atoms with Gasteiger partial charge >= 0.3 is 12.1 Å². The summed E-state index contributed by atoms with van der Waals surface area (Å²) in [6, 6.07) is 20.4. The van der Waals surface area contributed by atoms with E-state index in [1.807, 2.05) is 37.3 Å². The first-order valence-corrected chi connectivity index (χ1v) is 15.9. The second-order valence-corrected chi connectivity index (χ2v) is 13.7. The van der Waals surface area contributed by atoms with Gasteiger partial charge in [-0.3, -0.25) is 9.69 Å². The van der Waals surface area contributed by atoms with Crippen LogP contribution in [0.5, 0.6) is 0 Å². The van der Waals surface area contributed by atoms with Crippen LogP contribution in [0.15, 0.2) is 90.0 Å². The minimum absolute atomic E-state index is 0.0659. The predicted octanol–water partition coefficient (Wildman–Crippen LogP) is 4.87. The van der Waals surface area contributed by atoms with E-state index in [1.54, 1.807) is 69.3 Å². The van der Waals surface area contributed by atoms with Crippen molar-refractivity contribution in [2.75, 3.05) is 14.2 Å². The first kappa shape index (κ1) is 33.3. The van der Waals surface area contributed by atoms with E-state index >= 15 is 0 Å². The maximum absolute atomic E-state index is 13.9. The summed E-state index contributed by atoms with van der Waals surface area (Å²) in [5.74, 6) is -1.32. The van der Waals surface area contributed by atoms with Crippen molar-refractivity contribution in [2.24, 2.45) is 0 Å². The lowest BCUT2D eigenvalue weighted by atomic mass is 10.0. The van der Waals surface area contributed by atoms with Crippen molar-refractivity contribution >= 4 is 38.9 Å². The first-order valence-electron chi connectivity index (χ1n) is 14.5. The Bertz CT molecular complexity index is 1780. The summed E-state index contributed by atoms with van der Waals surface area (Å²) >= 11 is 0. The van der Waals surface area contributed by atoms with Gasteiger partial charge in [-0.2, -0.15) is 0 Å². The maximum atomic E-state index is 13.9. The van der Waals surface area contributed by atoms with Gasteiger partial charge in [0.25, 0.3) is 10.0 Å². The molecule has 0 spiro atoms. The Kier molecular flexibility index (Phi) is 10.0. The molecular weight excluding hydrogens is 594 g/mol. The molecule has 1 heterocycles. The fraction of sp³-hybridized carbons (Fsp3) is 0.324. The number of hydrogen-bond donors (Lipinski definition) is 1. The molecule has 0 aliphatic heterocycles. The highest BCUT2D eigenvalue weighted by molar-refractivity contribution is 7.90. The number of carbonyl (C=O) groups excluding carboxylic acids is 3. The van der Waals surface area contributed by atoms with Gasteiger partial charge in [0.2, 0.25) is 5.91 Å². The average Bonchev–Trinajstić information content (AvgIpc) is 3.37. The number of aryl methyl sites for hydroxylation is 1. The van der Waals surface area contributed by atoms with Crippen molar-refractivity contribution < 1.29 is 32.3 Å². The first-order chi connectivity index (χ1) is 21.2. The SMILES string of the molecule is COC(=O)[C@H](Cc1cn(S(=O)(=O)c2ccc(C)cc2)c2ccccc12)NC(=O)[C@H](Cc1ccccc1)N(C)C(=O)OC(C)(C)C. The van der Waals surface area contributed by atoms with Crippen LogP contribution in [0.25, 0.3) is 10.9 Å². The molecule has 2 atom stereocenters. The van der Waals surface area contributed by atoms with E-state index in [2.05, 4.69) is 5.32 Å². The van der Waals surface area contributed by atoms with Crippen molar-refractivity contribution in [1.29, 1.82) is 0 Å². The third kappa shape index (κ3) is 7.91. The molecule has 0 saturated carbocycles. The van der Waals surface area contributed by atoms with Crippen molar-refractivity contribution in [3.63, 3.8) is 0 Å². The molecule has 0 unspecified atom stereocenters. The summed E-state index contributed by atoms with van der Waals surface area (Å²) in [7, 11) is -1.30. The Hall–Kier alpha value is -4.64. The number of likely N-dealkylation sites (N-methyl/N-ethyl adjacent to an activating group) is 1. The van der Waals surface area contributed by atoms with E-state index in [1.165, 1.54) is 29.2 Å². The van der Waals surface area contributed by atoms with Crippen molar-refractivity contribution in [3.8, 4) is 0 Å². The Morgan fingerprint density at radius 3 is 2.16 bits per heavy atom. The van der Waals surface area contributed by atoms with E-state index in [4.69, 9.17) is 9.47 Å². The number of fused-ring (bicyclic) bond motifs is 1. The molecule has 45 heavy (non-hydrogen) atoms. The number of amides is 2. The molecule has 238 valence electrons. The highest BCUT2D eigenvalue weighted by atomic mass is 32.2. The molecule has 0 aliphatic rings. The summed E-state index contributed by atoms with van der Waals surface area (Å²) in [5.41, 5.74) is 1.87. The number of carbonyl (C=O) groups is 3. The Labute approximate surface area is 264 Å². The summed E-state index contributed by atoms with van der Waals surface area (Å²) < 4.78 is 39.1. The van der Waals surface area contributed by atoms with Gasteiger partial charge in [0.05, 0.1) is 17.5 Å². The molecule has 11 heteroatoms. The Balaban J connectivity index is 1.68. The number of nitrogens with zero attached hydrogens (tertiary/aromatic N) is 2. The molecule has 1 N–H and O–H groups in total. The van der Waals surface area contributed by atoms with E-state index in [0.29, 0.717) is 16.5 Å². The maximum Gasteiger partial charge on any atom is 0.410 e. The molecule has 1 aromatic heterocycles. The van der Waals surface area contributed by atoms with Crippen LogP contribution in [0.3, 0.4) is 0 Å². The molecule has 3 aromatic carbocycles. The van der Waals surface area contributed by atoms with Crippen LogP contribution < -0.4 is 5.32 Å². The number of ether oxygens (including phenoxy) is 2. The number of para-hydroxylation sites is 1. The molecule has 2 amide bonds. The summed E-state index contributed by atoms with van der Waals surface area (Å²) in [6.07, 6.45) is 0.863. The lowest BCUT2D eigenvalue weighted by molar-refractivity contribution is -0.145. The molecule has 0 aliphatic carbocycles. The van der Waals surface area contributed by atoms with Crippen molar-refractivity contribution in [2.45, 2.75) is 63.1 Å². The zero-order valence-corrected chi connectivity index (χ0v) is 27.1. The molecule has 0 bridgehead atoms. The zero-order valence-electron chi connectivity index (χ0n) is 26.3. The average molecular weight is 634 g/mol. The standard InChI is InChI=1S/C34H39N3O7S/c1-23-16-18-26(19-17-23)45(41,42)37-22-25(27-14-10-11-15-29(27)37)21-28(32(39)43-6)35-31(38)30(20-24-12-8-7-9-13-24)36(5)33(40)44-34(2,3)4/h7-19,22,28,30H,20-21H2,1-6H3,(H,35,38)/t28-,30-/m0/s1. The Morgan fingerprint density at radius 1 is 0.911 bits per heavy atom. The zero-order chi connectivity index (χ0) is 32.9. The largest absolute Gasteiger partial charge is 0.467 e. The van der Waals surface area contributed by atoms with Gasteiger partial charge in [0.1, 0.15) is 17.7 Å². The van der Waals surface area contributed by atoms with Crippen LogP contribution in [0.2, 0.25) is 0 Å². The van der Waals surface area contributed by atoms with Gasteiger partial charge in [0.15, 0.2) is 0 Å². The second kappa shape index (κ2) is 13.6. The molecule has 0 saturated heterocycles. The normalized spacial score (nSPS) is 13.1. The molecule has 4 aromatic rings. The number of rotatable bonds is 10. The lowest BCUT2D eigenvalue weighted by Crippen LogP contribution is -2.54. The summed E-state index contributed by atoms with van der Waals surface area (Å²) in [4.78, 5) is 41.2.